The Hall–Kier alpha value is -1.22. The average Bonchev–Trinajstić information content (AvgIpc) is 2.31. The summed E-state index contributed by atoms with van der Waals surface area (Å²) in [5.41, 5.74) is 8.20. The smallest absolute Gasteiger partial charge is 0.120 e. The molecular weight excluding hydrogens is 212 g/mol. The van der Waals surface area contributed by atoms with Gasteiger partial charge in [0.15, 0.2) is 0 Å². The predicted molar refractivity (Wildman–Crippen MR) is 73.2 cm³/mol. The number of rotatable bonds is 6. The summed E-state index contributed by atoms with van der Waals surface area (Å²) in [6, 6.07) is 5.82. The van der Waals surface area contributed by atoms with Crippen molar-refractivity contribution in [3.05, 3.63) is 23.8 Å². The van der Waals surface area contributed by atoms with Crippen molar-refractivity contribution in [2.24, 2.45) is 5.41 Å². The van der Waals surface area contributed by atoms with E-state index in [2.05, 4.69) is 26.1 Å². The highest BCUT2D eigenvalue weighted by atomic mass is 16.5. The second kappa shape index (κ2) is 5.92. The first-order valence-electron chi connectivity index (χ1n) is 6.11. The first-order chi connectivity index (χ1) is 7.98. The Kier molecular flexibility index (Phi) is 4.82. The van der Waals surface area contributed by atoms with Gasteiger partial charge < -0.3 is 15.8 Å². The molecule has 0 amide bonds. The molecule has 0 fully saturated rings. The Labute approximate surface area is 104 Å². The zero-order valence-corrected chi connectivity index (χ0v) is 11.3. The van der Waals surface area contributed by atoms with Crippen LogP contribution in [-0.4, -0.2) is 13.7 Å². The van der Waals surface area contributed by atoms with Gasteiger partial charge in [-0.05, 0) is 23.5 Å². The second-order valence-corrected chi connectivity index (χ2v) is 5.19. The zero-order valence-electron chi connectivity index (χ0n) is 11.3. The van der Waals surface area contributed by atoms with Crippen LogP contribution in [0.15, 0.2) is 18.2 Å². The number of benzene rings is 1. The maximum absolute atomic E-state index is 5.96. The van der Waals surface area contributed by atoms with Gasteiger partial charge in [-0.15, -0.1) is 0 Å². The lowest BCUT2D eigenvalue weighted by Crippen LogP contribution is -2.28. The maximum Gasteiger partial charge on any atom is 0.120 e. The van der Waals surface area contributed by atoms with Crippen LogP contribution in [0.2, 0.25) is 0 Å². The minimum atomic E-state index is 0.335. The van der Waals surface area contributed by atoms with Crippen molar-refractivity contribution in [1.82, 2.24) is 5.32 Å². The molecule has 1 rings (SSSR count). The summed E-state index contributed by atoms with van der Waals surface area (Å²) >= 11 is 0. The monoisotopic (exact) mass is 236 g/mol. The quantitative estimate of drug-likeness (QED) is 0.747. The maximum atomic E-state index is 5.96. The minimum absolute atomic E-state index is 0.335. The van der Waals surface area contributed by atoms with Gasteiger partial charge >= 0.3 is 0 Å². The molecule has 3 N–H and O–H groups in total. The van der Waals surface area contributed by atoms with Crippen molar-refractivity contribution in [1.29, 1.82) is 0 Å². The Morgan fingerprint density at radius 1 is 1.35 bits per heavy atom. The van der Waals surface area contributed by atoms with Crippen molar-refractivity contribution in [3.63, 3.8) is 0 Å². The number of methoxy groups -OCH3 is 1. The Morgan fingerprint density at radius 3 is 2.59 bits per heavy atom. The van der Waals surface area contributed by atoms with Crippen LogP contribution >= 0.6 is 0 Å². The lowest BCUT2D eigenvalue weighted by Gasteiger charge is -2.23. The minimum Gasteiger partial charge on any atom is -0.497 e. The molecule has 17 heavy (non-hydrogen) atoms. The number of nitrogen functional groups attached to an aromatic ring is 1. The summed E-state index contributed by atoms with van der Waals surface area (Å²) in [5, 5.41) is 3.45. The summed E-state index contributed by atoms with van der Waals surface area (Å²) in [4.78, 5) is 0. The van der Waals surface area contributed by atoms with Gasteiger partial charge in [0.25, 0.3) is 0 Å². The topological polar surface area (TPSA) is 47.3 Å². The van der Waals surface area contributed by atoms with E-state index in [0.29, 0.717) is 5.41 Å². The first-order valence-corrected chi connectivity index (χ1v) is 6.11. The Bertz CT molecular complexity index is 361. The molecule has 0 atom stereocenters. The fourth-order valence-corrected chi connectivity index (χ4v) is 1.52. The number of nitrogens with two attached hydrogens (primary N) is 1. The van der Waals surface area contributed by atoms with E-state index >= 15 is 0 Å². The van der Waals surface area contributed by atoms with E-state index in [-0.39, 0.29) is 0 Å². The highest BCUT2D eigenvalue weighted by Gasteiger charge is 2.14. The van der Waals surface area contributed by atoms with Crippen molar-refractivity contribution >= 4 is 5.69 Å². The molecule has 0 heterocycles. The van der Waals surface area contributed by atoms with Gasteiger partial charge in [0.05, 0.1) is 7.11 Å². The van der Waals surface area contributed by atoms with Crippen molar-refractivity contribution in [2.75, 3.05) is 19.4 Å². The second-order valence-electron chi connectivity index (χ2n) is 5.19. The summed E-state index contributed by atoms with van der Waals surface area (Å²) in [5.74, 6) is 0.806. The molecule has 3 nitrogen and oxygen atoms in total. The van der Waals surface area contributed by atoms with Crippen LogP contribution in [0.4, 0.5) is 5.69 Å². The normalized spacial score (nSPS) is 11.5. The van der Waals surface area contributed by atoms with Crippen LogP contribution in [0.3, 0.4) is 0 Å². The lowest BCUT2D eigenvalue weighted by atomic mass is 9.90. The summed E-state index contributed by atoms with van der Waals surface area (Å²) < 4.78 is 5.13. The molecule has 0 spiro atoms. The van der Waals surface area contributed by atoms with Crippen LogP contribution in [0.1, 0.15) is 32.8 Å². The molecule has 0 saturated carbocycles. The van der Waals surface area contributed by atoms with Crippen LogP contribution < -0.4 is 15.8 Å². The fraction of sp³-hybridized carbons (Fsp3) is 0.571. The van der Waals surface area contributed by atoms with Crippen molar-refractivity contribution in [3.8, 4) is 5.75 Å². The van der Waals surface area contributed by atoms with Crippen LogP contribution in [0, 0.1) is 5.41 Å². The molecule has 0 aromatic heterocycles. The molecule has 0 aliphatic heterocycles. The first kappa shape index (κ1) is 13.8. The largest absolute Gasteiger partial charge is 0.497 e. The molecule has 0 aliphatic carbocycles. The lowest BCUT2D eigenvalue weighted by molar-refractivity contribution is 0.328. The van der Waals surface area contributed by atoms with E-state index < -0.39 is 0 Å². The summed E-state index contributed by atoms with van der Waals surface area (Å²) in [6.07, 6.45) is 1.16. The third kappa shape index (κ3) is 4.27. The molecule has 0 bridgehead atoms. The van der Waals surface area contributed by atoms with Crippen molar-refractivity contribution in [2.45, 2.75) is 33.7 Å². The highest BCUT2D eigenvalue weighted by Crippen LogP contribution is 2.21. The standard InChI is InChI=1S/C14H24N2O/c1-5-14(2,3)10-16-9-11-6-7-12(17-4)8-13(11)15/h6-8,16H,5,9-10,15H2,1-4H3. The summed E-state index contributed by atoms with van der Waals surface area (Å²) in [6.45, 7) is 8.53. The van der Waals surface area contributed by atoms with E-state index in [4.69, 9.17) is 10.5 Å². The molecule has 96 valence electrons. The molecule has 1 aromatic carbocycles. The van der Waals surface area contributed by atoms with Gasteiger partial charge in [-0.1, -0.05) is 26.8 Å². The van der Waals surface area contributed by atoms with Crippen molar-refractivity contribution < 1.29 is 4.74 Å². The fourth-order valence-electron chi connectivity index (χ4n) is 1.52. The van der Waals surface area contributed by atoms with E-state index in [9.17, 15) is 0 Å². The number of anilines is 1. The van der Waals surface area contributed by atoms with E-state index in [1.165, 1.54) is 0 Å². The zero-order chi connectivity index (χ0) is 12.9. The molecular formula is C14H24N2O. The third-order valence-corrected chi connectivity index (χ3v) is 3.23. The predicted octanol–water partition coefficient (Wildman–Crippen LogP) is 2.80. The van der Waals surface area contributed by atoms with Gasteiger partial charge in [-0.25, -0.2) is 0 Å². The molecule has 0 saturated heterocycles. The molecule has 0 unspecified atom stereocenters. The van der Waals surface area contributed by atoms with E-state index in [1.54, 1.807) is 7.11 Å². The Morgan fingerprint density at radius 2 is 2.06 bits per heavy atom. The van der Waals surface area contributed by atoms with Crippen LogP contribution in [-0.2, 0) is 6.54 Å². The molecule has 0 radical (unpaired) electrons. The SMILES string of the molecule is CCC(C)(C)CNCc1ccc(OC)cc1N. The average molecular weight is 236 g/mol. The highest BCUT2D eigenvalue weighted by molar-refractivity contribution is 5.51. The molecule has 1 aromatic rings. The summed E-state index contributed by atoms with van der Waals surface area (Å²) in [7, 11) is 1.65. The number of hydrogen-bond donors (Lipinski definition) is 2. The van der Waals surface area contributed by atoms with Crippen LogP contribution in [0.5, 0.6) is 5.75 Å². The van der Waals surface area contributed by atoms with E-state index in [0.717, 1.165) is 36.5 Å². The van der Waals surface area contributed by atoms with E-state index in [1.807, 2.05) is 18.2 Å². The number of nitrogens with one attached hydrogen (secondary N) is 1. The molecule has 3 heteroatoms. The van der Waals surface area contributed by atoms with Gasteiger partial charge in [0.1, 0.15) is 5.75 Å². The van der Waals surface area contributed by atoms with Crippen LogP contribution in [0.25, 0.3) is 0 Å². The van der Waals surface area contributed by atoms with Gasteiger partial charge in [-0.2, -0.15) is 0 Å². The van der Waals surface area contributed by atoms with Gasteiger partial charge in [-0.3, -0.25) is 0 Å². The van der Waals surface area contributed by atoms with Gasteiger partial charge in [0.2, 0.25) is 0 Å². The molecule has 0 aliphatic rings. The van der Waals surface area contributed by atoms with Gasteiger partial charge in [0, 0.05) is 24.8 Å². The number of hydrogen-bond acceptors (Lipinski definition) is 3. The Balaban J connectivity index is 2.52. The number of ether oxygens (including phenoxy) is 1. The third-order valence-electron chi connectivity index (χ3n) is 3.23.